The minimum absolute atomic E-state index is 0.118. The molecule has 1 amide bonds. The number of amides is 1. The van der Waals surface area contributed by atoms with Crippen molar-refractivity contribution < 1.29 is 13.9 Å². The Kier molecular flexibility index (Phi) is 6.44. The van der Waals surface area contributed by atoms with Crippen LogP contribution in [-0.2, 0) is 24.2 Å². The maximum Gasteiger partial charge on any atom is 0.257 e. The predicted octanol–water partition coefficient (Wildman–Crippen LogP) is 4.15. The van der Waals surface area contributed by atoms with Gasteiger partial charge in [-0.15, -0.1) is 21.5 Å². The van der Waals surface area contributed by atoms with Gasteiger partial charge in [-0.25, -0.2) is 0 Å². The molecule has 1 N–H and O–H groups in total. The Morgan fingerprint density at radius 1 is 1.27 bits per heavy atom. The first-order valence-corrected chi connectivity index (χ1v) is 11.1. The van der Waals surface area contributed by atoms with E-state index >= 15 is 0 Å². The van der Waals surface area contributed by atoms with Crippen molar-refractivity contribution in [2.45, 2.75) is 39.2 Å². The summed E-state index contributed by atoms with van der Waals surface area (Å²) >= 11 is 1.76. The van der Waals surface area contributed by atoms with Crippen molar-refractivity contribution >= 4 is 22.9 Å². The summed E-state index contributed by atoms with van der Waals surface area (Å²) in [4.78, 5) is 16.9. The number of likely N-dealkylation sites (N-methyl/N-ethyl adjacent to an activating group) is 1. The maximum absolute atomic E-state index is 12.5. The molecule has 0 saturated carbocycles. The van der Waals surface area contributed by atoms with Gasteiger partial charge in [0.2, 0.25) is 11.8 Å². The van der Waals surface area contributed by atoms with Crippen LogP contribution in [0.15, 0.2) is 34.7 Å². The smallest absolute Gasteiger partial charge is 0.257 e. The highest BCUT2D eigenvalue weighted by Crippen LogP contribution is 2.35. The number of benzene rings is 1. The molecule has 0 fully saturated rings. The lowest BCUT2D eigenvalue weighted by Crippen LogP contribution is -2.33. The molecule has 0 saturated heterocycles. The van der Waals surface area contributed by atoms with E-state index in [4.69, 9.17) is 9.15 Å². The van der Waals surface area contributed by atoms with Crippen LogP contribution in [0, 0.1) is 0 Å². The van der Waals surface area contributed by atoms with E-state index < -0.39 is 0 Å². The van der Waals surface area contributed by atoms with Crippen LogP contribution in [0.25, 0.3) is 10.8 Å². The number of nitrogens with zero attached hydrogens (tertiary/aromatic N) is 3. The quantitative estimate of drug-likeness (QED) is 0.583. The van der Waals surface area contributed by atoms with Crippen molar-refractivity contribution in [3.63, 3.8) is 0 Å². The fourth-order valence-corrected chi connectivity index (χ4v) is 4.80. The van der Waals surface area contributed by atoms with Crippen molar-refractivity contribution in [1.82, 2.24) is 15.1 Å². The number of anilines is 1. The van der Waals surface area contributed by atoms with Gasteiger partial charge < -0.3 is 14.5 Å². The van der Waals surface area contributed by atoms with Gasteiger partial charge in [-0.2, -0.15) is 0 Å². The van der Waals surface area contributed by atoms with Crippen LogP contribution >= 0.6 is 11.3 Å². The Hall–Kier alpha value is -2.71. The van der Waals surface area contributed by atoms with Crippen LogP contribution in [0.2, 0.25) is 0 Å². The van der Waals surface area contributed by atoms with E-state index in [1.165, 1.54) is 23.3 Å². The van der Waals surface area contributed by atoms with Crippen LogP contribution in [0.3, 0.4) is 0 Å². The van der Waals surface area contributed by atoms with Crippen LogP contribution in [0.5, 0.6) is 5.75 Å². The molecule has 0 bridgehead atoms. The number of carbonyl (C=O) groups excluding carboxylic acids is 1. The summed E-state index contributed by atoms with van der Waals surface area (Å²) in [6, 6.07) is 9.55. The molecule has 0 aliphatic heterocycles. The number of para-hydroxylation sites is 2. The van der Waals surface area contributed by atoms with Crippen molar-refractivity contribution in [3.05, 3.63) is 46.7 Å². The standard InChI is InChI=1S/C22H26N4O3S/c1-3-26(13-20(27)23-16-9-5-6-10-17(16)28-2)14-21-24-25-22(29-21)19-12-15-8-4-7-11-18(15)30-19/h5-6,9-10,12H,3-4,7-8,11,13-14H2,1-2H3,(H,23,27). The Bertz CT molecular complexity index is 990. The highest BCUT2D eigenvalue weighted by molar-refractivity contribution is 7.15. The van der Waals surface area contributed by atoms with Gasteiger partial charge in [-0.1, -0.05) is 19.1 Å². The molecule has 158 valence electrons. The fourth-order valence-electron chi connectivity index (χ4n) is 3.62. The molecule has 3 aromatic rings. The zero-order valence-electron chi connectivity index (χ0n) is 17.3. The zero-order chi connectivity index (χ0) is 20.9. The zero-order valence-corrected chi connectivity index (χ0v) is 18.1. The number of hydrogen-bond donors (Lipinski definition) is 1. The van der Waals surface area contributed by atoms with E-state index in [2.05, 4.69) is 21.6 Å². The number of hydrogen-bond acceptors (Lipinski definition) is 7. The summed E-state index contributed by atoms with van der Waals surface area (Å²) in [6.45, 7) is 3.33. The molecule has 7 nitrogen and oxygen atoms in total. The average molecular weight is 427 g/mol. The van der Waals surface area contributed by atoms with Gasteiger partial charge >= 0.3 is 0 Å². The van der Waals surface area contributed by atoms with Crippen molar-refractivity contribution in [2.75, 3.05) is 25.5 Å². The molecule has 0 spiro atoms. The SMILES string of the molecule is CCN(CC(=O)Nc1ccccc1OC)Cc1nnc(-c2cc3c(s2)CCCC3)o1. The second kappa shape index (κ2) is 9.40. The van der Waals surface area contributed by atoms with Gasteiger partial charge in [0.05, 0.1) is 30.8 Å². The van der Waals surface area contributed by atoms with Gasteiger partial charge in [-0.05, 0) is 56.0 Å². The van der Waals surface area contributed by atoms with Crippen molar-refractivity contribution in [2.24, 2.45) is 0 Å². The molecule has 30 heavy (non-hydrogen) atoms. The number of ether oxygens (including phenoxy) is 1. The second-order valence-corrected chi connectivity index (χ2v) is 8.46. The molecule has 0 radical (unpaired) electrons. The first kappa shape index (κ1) is 20.6. The number of nitrogens with one attached hydrogen (secondary N) is 1. The Morgan fingerprint density at radius 3 is 2.90 bits per heavy atom. The Morgan fingerprint density at radius 2 is 2.10 bits per heavy atom. The Balaban J connectivity index is 1.38. The largest absolute Gasteiger partial charge is 0.495 e. The van der Waals surface area contributed by atoms with Gasteiger partial charge in [0.15, 0.2) is 0 Å². The molecule has 0 unspecified atom stereocenters. The van der Waals surface area contributed by atoms with Crippen LogP contribution in [0.1, 0.15) is 36.1 Å². The molecule has 1 aromatic carbocycles. The average Bonchev–Trinajstić information content (AvgIpc) is 3.40. The van der Waals surface area contributed by atoms with Crippen molar-refractivity contribution in [3.8, 4) is 16.5 Å². The lowest BCUT2D eigenvalue weighted by atomic mass is 9.99. The summed E-state index contributed by atoms with van der Waals surface area (Å²) in [6.07, 6.45) is 4.79. The highest BCUT2D eigenvalue weighted by Gasteiger charge is 2.19. The number of methoxy groups -OCH3 is 1. The lowest BCUT2D eigenvalue weighted by Gasteiger charge is -2.18. The monoisotopic (exact) mass is 426 g/mol. The molecule has 2 heterocycles. The molecule has 8 heteroatoms. The molecule has 1 aliphatic carbocycles. The summed E-state index contributed by atoms with van der Waals surface area (Å²) in [5.74, 6) is 1.60. The van der Waals surface area contributed by atoms with E-state index in [1.807, 2.05) is 36.1 Å². The first-order chi connectivity index (χ1) is 14.7. The Labute approximate surface area is 180 Å². The first-order valence-electron chi connectivity index (χ1n) is 10.3. The van der Waals surface area contributed by atoms with Gasteiger partial charge in [0, 0.05) is 4.88 Å². The van der Waals surface area contributed by atoms with E-state index in [0.29, 0.717) is 36.3 Å². The fraction of sp³-hybridized carbons (Fsp3) is 0.409. The van der Waals surface area contributed by atoms with Gasteiger partial charge in [0.1, 0.15) is 5.75 Å². The third-order valence-electron chi connectivity index (χ3n) is 5.23. The number of thiophene rings is 1. The predicted molar refractivity (Wildman–Crippen MR) is 117 cm³/mol. The van der Waals surface area contributed by atoms with E-state index in [1.54, 1.807) is 18.4 Å². The van der Waals surface area contributed by atoms with Crippen LogP contribution in [-0.4, -0.2) is 41.2 Å². The highest BCUT2D eigenvalue weighted by atomic mass is 32.1. The summed E-state index contributed by atoms with van der Waals surface area (Å²) in [5.41, 5.74) is 2.08. The molecule has 1 aliphatic rings. The van der Waals surface area contributed by atoms with E-state index in [9.17, 15) is 4.79 Å². The number of fused-ring (bicyclic) bond motifs is 1. The summed E-state index contributed by atoms with van der Waals surface area (Å²) in [5, 5.41) is 11.3. The summed E-state index contributed by atoms with van der Waals surface area (Å²) in [7, 11) is 1.58. The molecule has 2 aromatic heterocycles. The second-order valence-electron chi connectivity index (χ2n) is 7.32. The number of carbonyl (C=O) groups is 1. The van der Waals surface area contributed by atoms with Crippen LogP contribution in [0.4, 0.5) is 5.69 Å². The van der Waals surface area contributed by atoms with Crippen molar-refractivity contribution in [1.29, 1.82) is 0 Å². The molecular weight excluding hydrogens is 400 g/mol. The molecule has 4 rings (SSSR count). The third-order valence-corrected chi connectivity index (χ3v) is 6.45. The minimum Gasteiger partial charge on any atom is -0.495 e. The number of rotatable bonds is 8. The van der Waals surface area contributed by atoms with E-state index in [-0.39, 0.29) is 12.5 Å². The topological polar surface area (TPSA) is 80.5 Å². The maximum atomic E-state index is 12.5. The normalized spacial score (nSPS) is 13.3. The minimum atomic E-state index is -0.118. The third kappa shape index (κ3) is 4.71. The molecular formula is C22H26N4O3S. The molecule has 0 atom stereocenters. The number of aromatic nitrogens is 2. The summed E-state index contributed by atoms with van der Waals surface area (Å²) < 4.78 is 11.2. The van der Waals surface area contributed by atoms with Gasteiger partial charge in [-0.3, -0.25) is 9.69 Å². The number of aryl methyl sites for hydroxylation is 2. The van der Waals surface area contributed by atoms with Crippen LogP contribution < -0.4 is 10.1 Å². The van der Waals surface area contributed by atoms with E-state index in [0.717, 1.165) is 17.7 Å². The van der Waals surface area contributed by atoms with Gasteiger partial charge in [0.25, 0.3) is 5.89 Å². The lowest BCUT2D eigenvalue weighted by molar-refractivity contribution is -0.117.